The zero-order chi connectivity index (χ0) is 19.9. The minimum atomic E-state index is -0.340. The van der Waals surface area contributed by atoms with Gasteiger partial charge in [-0.05, 0) is 73.1 Å². The lowest BCUT2D eigenvalue weighted by Gasteiger charge is -2.15. The first-order chi connectivity index (χ1) is 13.5. The Morgan fingerprint density at radius 1 is 1.00 bits per heavy atom. The van der Waals surface area contributed by atoms with Crippen molar-refractivity contribution in [3.05, 3.63) is 70.8 Å². The molecule has 28 heavy (non-hydrogen) atoms. The van der Waals surface area contributed by atoms with Crippen molar-refractivity contribution in [2.45, 2.75) is 12.8 Å². The Bertz CT molecular complexity index is 889. The van der Waals surface area contributed by atoms with E-state index in [2.05, 4.69) is 10.6 Å². The number of halogens is 1. The second kappa shape index (κ2) is 9.48. The van der Waals surface area contributed by atoms with Crippen molar-refractivity contribution < 1.29 is 9.59 Å². The highest BCUT2D eigenvalue weighted by molar-refractivity contribution is 7.80. The summed E-state index contributed by atoms with van der Waals surface area (Å²) in [6.45, 7) is 1.64. The number of likely N-dealkylation sites (tertiary alicyclic amines) is 1. The quantitative estimate of drug-likeness (QED) is 0.585. The van der Waals surface area contributed by atoms with E-state index >= 15 is 0 Å². The molecule has 2 amide bonds. The first kappa shape index (κ1) is 20.0. The summed E-state index contributed by atoms with van der Waals surface area (Å²) in [5, 5.41) is 6.35. The van der Waals surface area contributed by atoms with Crippen molar-refractivity contribution in [1.29, 1.82) is 0 Å². The number of amides is 2. The number of thiocarbonyl (C=S) groups is 1. The largest absolute Gasteiger partial charge is 0.339 e. The molecule has 0 unspecified atom stereocenters. The molecule has 0 bridgehead atoms. The molecule has 1 heterocycles. The Kier molecular flexibility index (Phi) is 6.79. The van der Waals surface area contributed by atoms with Gasteiger partial charge in [-0.1, -0.05) is 23.7 Å². The third kappa shape index (κ3) is 5.65. The molecule has 1 aliphatic rings. The molecule has 0 spiro atoms. The maximum absolute atomic E-state index is 12.3. The fourth-order valence-electron chi connectivity index (χ4n) is 2.86. The van der Waals surface area contributed by atoms with E-state index in [1.165, 1.54) is 6.08 Å². The Balaban J connectivity index is 1.50. The molecule has 0 radical (unpaired) electrons. The highest BCUT2D eigenvalue weighted by Crippen LogP contribution is 2.15. The average molecular weight is 414 g/mol. The molecule has 0 saturated carbocycles. The predicted molar refractivity (Wildman–Crippen MR) is 116 cm³/mol. The van der Waals surface area contributed by atoms with Gasteiger partial charge in [-0.2, -0.15) is 0 Å². The summed E-state index contributed by atoms with van der Waals surface area (Å²) in [6, 6.07) is 14.2. The molecule has 2 aromatic rings. The van der Waals surface area contributed by atoms with Crippen molar-refractivity contribution in [1.82, 2.24) is 10.2 Å². The molecule has 0 aromatic heterocycles. The Morgan fingerprint density at radius 2 is 1.64 bits per heavy atom. The van der Waals surface area contributed by atoms with E-state index in [1.54, 1.807) is 42.5 Å². The molecule has 1 fully saturated rings. The standard InChI is InChI=1S/C21H20ClN3O2S/c22-17-8-3-15(4-9-17)5-12-19(26)24-21(28)23-18-10-6-16(7-11-18)20(27)25-13-1-2-14-25/h3-12H,1-2,13-14H2,(H2,23,24,26,28)/b12-5+. The molecule has 1 aliphatic heterocycles. The number of hydrogen-bond acceptors (Lipinski definition) is 3. The van der Waals surface area contributed by atoms with Crippen LogP contribution < -0.4 is 10.6 Å². The summed E-state index contributed by atoms with van der Waals surface area (Å²) in [6.07, 6.45) is 5.19. The normalized spacial score (nSPS) is 13.5. The topological polar surface area (TPSA) is 61.4 Å². The molecule has 0 aliphatic carbocycles. The minimum Gasteiger partial charge on any atom is -0.339 e. The number of benzene rings is 2. The van der Waals surface area contributed by atoms with Gasteiger partial charge in [0.05, 0.1) is 0 Å². The summed E-state index contributed by atoms with van der Waals surface area (Å²) < 4.78 is 0. The van der Waals surface area contributed by atoms with Crippen molar-refractivity contribution in [3.8, 4) is 0 Å². The van der Waals surface area contributed by atoms with Gasteiger partial charge in [-0.3, -0.25) is 14.9 Å². The van der Waals surface area contributed by atoms with Gasteiger partial charge in [0.1, 0.15) is 0 Å². The lowest BCUT2D eigenvalue weighted by atomic mass is 10.2. The van der Waals surface area contributed by atoms with Crippen molar-refractivity contribution in [2.75, 3.05) is 18.4 Å². The molecule has 5 nitrogen and oxygen atoms in total. The third-order valence-electron chi connectivity index (χ3n) is 4.32. The number of carbonyl (C=O) groups is 2. The molecular weight excluding hydrogens is 394 g/mol. The van der Waals surface area contributed by atoms with Gasteiger partial charge >= 0.3 is 0 Å². The second-order valence-electron chi connectivity index (χ2n) is 6.40. The maximum Gasteiger partial charge on any atom is 0.253 e. The van der Waals surface area contributed by atoms with Crippen molar-refractivity contribution >= 4 is 52.5 Å². The van der Waals surface area contributed by atoms with Gasteiger partial charge in [0.2, 0.25) is 5.91 Å². The number of nitrogens with one attached hydrogen (secondary N) is 2. The van der Waals surface area contributed by atoms with Crippen LogP contribution in [0.4, 0.5) is 5.69 Å². The Labute approximate surface area is 174 Å². The van der Waals surface area contributed by atoms with Crippen LogP contribution in [-0.4, -0.2) is 34.9 Å². The fraction of sp³-hybridized carbons (Fsp3) is 0.190. The van der Waals surface area contributed by atoms with Gasteiger partial charge in [-0.15, -0.1) is 0 Å². The summed E-state index contributed by atoms with van der Waals surface area (Å²) >= 11 is 11.0. The highest BCUT2D eigenvalue weighted by Gasteiger charge is 2.19. The van der Waals surface area contributed by atoms with Crippen LogP contribution in [0.5, 0.6) is 0 Å². The lowest BCUT2D eigenvalue weighted by molar-refractivity contribution is -0.115. The smallest absolute Gasteiger partial charge is 0.253 e. The van der Waals surface area contributed by atoms with E-state index in [-0.39, 0.29) is 16.9 Å². The number of hydrogen-bond donors (Lipinski definition) is 2. The molecule has 2 N–H and O–H groups in total. The summed E-state index contributed by atoms with van der Waals surface area (Å²) in [5.41, 5.74) is 2.20. The van der Waals surface area contributed by atoms with E-state index in [1.807, 2.05) is 17.0 Å². The summed E-state index contributed by atoms with van der Waals surface area (Å²) in [5.74, 6) is -0.291. The van der Waals surface area contributed by atoms with Crippen LogP contribution in [-0.2, 0) is 4.79 Å². The van der Waals surface area contributed by atoms with E-state index in [0.29, 0.717) is 16.3 Å². The molecule has 7 heteroatoms. The van der Waals surface area contributed by atoms with E-state index in [9.17, 15) is 9.59 Å². The summed E-state index contributed by atoms with van der Waals surface area (Å²) in [4.78, 5) is 26.2. The Hall–Kier alpha value is -2.70. The van der Waals surface area contributed by atoms with E-state index in [0.717, 1.165) is 31.5 Å². The molecular formula is C21H20ClN3O2S. The molecule has 0 atom stereocenters. The number of anilines is 1. The predicted octanol–water partition coefficient (Wildman–Crippen LogP) is 4.10. The van der Waals surface area contributed by atoms with Crippen LogP contribution in [0.2, 0.25) is 5.02 Å². The zero-order valence-electron chi connectivity index (χ0n) is 15.2. The number of rotatable bonds is 4. The second-order valence-corrected chi connectivity index (χ2v) is 7.25. The highest BCUT2D eigenvalue weighted by atomic mass is 35.5. The molecule has 2 aromatic carbocycles. The van der Waals surface area contributed by atoms with E-state index in [4.69, 9.17) is 23.8 Å². The average Bonchev–Trinajstić information content (AvgIpc) is 3.22. The molecule has 3 rings (SSSR count). The lowest BCUT2D eigenvalue weighted by Crippen LogP contribution is -2.32. The molecule has 1 saturated heterocycles. The van der Waals surface area contributed by atoms with E-state index < -0.39 is 0 Å². The fourth-order valence-corrected chi connectivity index (χ4v) is 3.21. The maximum atomic E-state index is 12.3. The first-order valence-corrected chi connectivity index (χ1v) is 9.75. The van der Waals surface area contributed by atoms with Crippen LogP contribution in [0.25, 0.3) is 6.08 Å². The number of carbonyl (C=O) groups excluding carboxylic acids is 2. The zero-order valence-corrected chi connectivity index (χ0v) is 16.7. The van der Waals surface area contributed by atoms with Crippen LogP contribution in [0.3, 0.4) is 0 Å². The Morgan fingerprint density at radius 3 is 2.29 bits per heavy atom. The van der Waals surface area contributed by atoms with Crippen LogP contribution in [0, 0.1) is 0 Å². The van der Waals surface area contributed by atoms with Gasteiger partial charge in [0, 0.05) is 35.4 Å². The van der Waals surface area contributed by atoms with Crippen LogP contribution >= 0.6 is 23.8 Å². The van der Waals surface area contributed by atoms with Gasteiger partial charge in [-0.25, -0.2) is 0 Å². The van der Waals surface area contributed by atoms with Gasteiger partial charge in [0.15, 0.2) is 5.11 Å². The van der Waals surface area contributed by atoms with Crippen LogP contribution in [0.1, 0.15) is 28.8 Å². The van der Waals surface area contributed by atoms with Crippen LogP contribution in [0.15, 0.2) is 54.6 Å². The van der Waals surface area contributed by atoms with Crippen molar-refractivity contribution in [3.63, 3.8) is 0 Å². The van der Waals surface area contributed by atoms with Gasteiger partial charge in [0.25, 0.3) is 5.91 Å². The number of nitrogens with zero attached hydrogens (tertiary/aromatic N) is 1. The van der Waals surface area contributed by atoms with Gasteiger partial charge < -0.3 is 10.2 Å². The third-order valence-corrected chi connectivity index (χ3v) is 4.77. The molecule has 144 valence electrons. The van der Waals surface area contributed by atoms with Crippen molar-refractivity contribution in [2.24, 2.45) is 0 Å². The SMILES string of the molecule is O=C(/C=C/c1ccc(Cl)cc1)NC(=S)Nc1ccc(C(=O)N2CCCC2)cc1. The first-order valence-electron chi connectivity index (χ1n) is 8.96. The minimum absolute atomic E-state index is 0.0484. The summed E-state index contributed by atoms with van der Waals surface area (Å²) in [7, 11) is 0. The monoisotopic (exact) mass is 413 g/mol.